The van der Waals surface area contributed by atoms with Gasteiger partial charge in [0.25, 0.3) is 0 Å². The quantitative estimate of drug-likeness (QED) is 0.609. The smallest absolute Gasteiger partial charge is 0.00749 e. The molecule has 1 heteroatoms. The van der Waals surface area contributed by atoms with Gasteiger partial charge in [-0.1, -0.05) is 71.0 Å². The number of hydrogen-bond donors (Lipinski definition) is 0. The zero-order valence-corrected chi connectivity index (χ0v) is 13.9. The van der Waals surface area contributed by atoms with Gasteiger partial charge < -0.3 is 0 Å². The Bertz CT molecular complexity index is 542. The average Bonchev–Trinajstić information content (AvgIpc) is 2.38. The Hall–Kier alpha value is -1.21. The fourth-order valence-corrected chi connectivity index (χ4v) is 3.00. The minimum Gasteiger partial charge on any atom is -0.123 e. The molecular formula is C19H24S. The van der Waals surface area contributed by atoms with Crippen molar-refractivity contribution < 1.29 is 0 Å². The van der Waals surface area contributed by atoms with E-state index in [1.54, 1.807) is 0 Å². The Labute approximate surface area is 127 Å². The Morgan fingerprint density at radius 3 is 1.60 bits per heavy atom. The zero-order valence-electron chi connectivity index (χ0n) is 13.1. The molecule has 106 valence electrons. The van der Waals surface area contributed by atoms with Crippen LogP contribution < -0.4 is 0 Å². The SMILES string of the molecule is CC(C)Sc1ccc(-c2ccc(C(C)(C)C)cc2)cc1. The van der Waals surface area contributed by atoms with Crippen LogP contribution in [0.2, 0.25) is 0 Å². The Kier molecular flexibility index (Phi) is 4.59. The predicted molar refractivity (Wildman–Crippen MR) is 91.6 cm³/mol. The van der Waals surface area contributed by atoms with Gasteiger partial charge in [0.2, 0.25) is 0 Å². The van der Waals surface area contributed by atoms with Crippen LogP contribution in [0.4, 0.5) is 0 Å². The van der Waals surface area contributed by atoms with Crippen LogP contribution in [0.1, 0.15) is 40.2 Å². The van der Waals surface area contributed by atoms with Gasteiger partial charge in [-0.3, -0.25) is 0 Å². The number of hydrogen-bond acceptors (Lipinski definition) is 1. The van der Waals surface area contributed by atoms with Gasteiger partial charge in [0, 0.05) is 10.1 Å². The summed E-state index contributed by atoms with van der Waals surface area (Å²) in [5.41, 5.74) is 4.18. The van der Waals surface area contributed by atoms with Crippen molar-refractivity contribution in [2.45, 2.75) is 50.2 Å². The van der Waals surface area contributed by atoms with Crippen LogP contribution in [-0.2, 0) is 5.41 Å². The summed E-state index contributed by atoms with van der Waals surface area (Å²) in [5.74, 6) is 0. The van der Waals surface area contributed by atoms with Crippen LogP contribution in [0.15, 0.2) is 53.4 Å². The minimum atomic E-state index is 0.219. The molecule has 2 aromatic carbocycles. The van der Waals surface area contributed by atoms with Crippen LogP contribution in [0, 0.1) is 0 Å². The summed E-state index contributed by atoms with van der Waals surface area (Å²) in [4.78, 5) is 1.34. The summed E-state index contributed by atoms with van der Waals surface area (Å²) >= 11 is 1.91. The fraction of sp³-hybridized carbons (Fsp3) is 0.368. The Morgan fingerprint density at radius 2 is 1.20 bits per heavy atom. The van der Waals surface area contributed by atoms with Crippen LogP contribution in [0.5, 0.6) is 0 Å². The van der Waals surface area contributed by atoms with Gasteiger partial charge >= 0.3 is 0 Å². The standard InChI is InChI=1S/C19H24S/c1-14(2)20-18-12-8-16(9-13-18)15-6-10-17(11-7-15)19(3,4)5/h6-14H,1-5H3. The molecule has 0 aliphatic rings. The summed E-state index contributed by atoms with van der Waals surface area (Å²) in [5, 5.41) is 0.631. The second kappa shape index (κ2) is 6.05. The van der Waals surface area contributed by atoms with Crippen molar-refractivity contribution >= 4 is 11.8 Å². The molecule has 0 atom stereocenters. The van der Waals surface area contributed by atoms with E-state index in [4.69, 9.17) is 0 Å². The first-order valence-corrected chi connectivity index (χ1v) is 8.12. The topological polar surface area (TPSA) is 0 Å². The van der Waals surface area contributed by atoms with E-state index >= 15 is 0 Å². The Balaban J connectivity index is 2.19. The van der Waals surface area contributed by atoms with E-state index in [1.807, 2.05) is 11.8 Å². The summed E-state index contributed by atoms with van der Waals surface area (Å²) in [7, 11) is 0. The number of benzene rings is 2. The van der Waals surface area contributed by atoms with Crippen molar-refractivity contribution in [1.29, 1.82) is 0 Å². The number of thioether (sulfide) groups is 1. The molecule has 0 heterocycles. The lowest BCUT2D eigenvalue weighted by atomic mass is 9.86. The molecule has 0 N–H and O–H groups in total. The third-order valence-electron chi connectivity index (χ3n) is 3.31. The molecule has 0 bridgehead atoms. The first-order chi connectivity index (χ1) is 9.36. The molecule has 2 rings (SSSR count). The molecule has 0 aliphatic heterocycles. The average molecular weight is 284 g/mol. The van der Waals surface area contributed by atoms with Gasteiger partial charge in [0.05, 0.1) is 0 Å². The molecule has 2 aromatic rings. The van der Waals surface area contributed by atoms with Crippen molar-refractivity contribution in [3.05, 3.63) is 54.1 Å². The molecule has 0 aromatic heterocycles. The molecule has 0 spiro atoms. The van der Waals surface area contributed by atoms with Gasteiger partial charge in [0.15, 0.2) is 0 Å². The largest absolute Gasteiger partial charge is 0.123 e. The van der Waals surface area contributed by atoms with Crippen molar-refractivity contribution in [1.82, 2.24) is 0 Å². The molecule has 0 amide bonds. The predicted octanol–water partition coefficient (Wildman–Crippen LogP) is 6.15. The molecular weight excluding hydrogens is 260 g/mol. The third kappa shape index (κ3) is 3.89. The lowest BCUT2D eigenvalue weighted by Gasteiger charge is -2.19. The van der Waals surface area contributed by atoms with Gasteiger partial charge in [-0.15, -0.1) is 11.8 Å². The highest BCUT2D eigenvalue weighted by molar-refractivity contribution is 7.99. The van der Waals surface area contributed by atoms with Gasteiger partial charge in [-0.2, -0.15) is 0 Å². The monoisotopic (exact) mass is 284 g/mol. The van der Waals surface area contributed by atoms with Crippen LogP contribution in [0.25, 0.3) is 11.1 Å². The van der Waals surface area contributed by atoms with Crippen molar-refractivity contribution in [2.75, 3.05) is 0 Å². The van der Waals surface area contributed by atoms with Crippen LogP contribution in [-0.4, -0.2) is 5.25 Å². The lowest BCUT2D eigenvalue weighted by molar-refractivity contribution is 0.590. The van der Waals surface area contributed by atoms with Crippen molar-refractivity contribution in [3.63, 3.8) is 0 Å². The molecule has 20 heavy (non-hydrogen) atoms. The summed E-state index contributed by atoms with van der Waals surface area (Å²) < 4.78 is 0. The molecule has 0 aliphatic carbocycles. The highest BCUT2D eigenvalue weighted by Crippen LogP contribution is 2.28. The molecule has 0 fully saturated rings. The first kappa shape index (κ1) is 15.2. The molecule has 0 unspecified atom stereocenters. The van der Waals surface area contributed by atoms with E-state index in [2.05, 4.69) is 83.1 Å². The first-order valence-electron chi connectivity index (χ1n) is 7.24. The molecule has 0 nitrogen and oxygen atoms in total. The molecule has 0 saturated heterocycles. The Morgan fingerprint density at radius 1 is 0.750 bits per heavy atom. The second-order valence-corrected chi connectivity index (χ2v) is 8.17. The summed E-state index contributed by atoms with van der Waals surface area (Å²) in [6, 6.07) is 17.8. The van der Waals surface area contributed by atoms with Crippen molar-refractivity contribution in [2.24, 2.45) is 0 Å². The van der Waals surface area contributed by atoms with E-state index in [-0.39, 0.29) is 5.41 Å². The van der Waals surface area contributed by atoms with Gasteiger partial charge in [-0.25, -0.2) is 0 Å². The van der Waals surface area contributed by atoms with E-state index in [9.17, 15) is 0 Å². The van der Waals surface area contributed by atoms with E-state index in [0.717, 1.165) is 0 Å². The van der Waals surface area contributed by atoms with Gasteiger partial charge in [-0.05, 0) is 34.2 Å². The maximum absolute atomic E-state index is 2.25. The minimum absolute atomic E-state index is 0.219. The van der Waals surface area contributed by atoms with E-state index in [1.165, 1.54) is 21.6 Å². The maximum Gasteiger partial charge on any atom is 0.00749 e. The molecule has 0 radical (unpaired) electrons. The van der Waals surface area contributed by atoms with Crippen LogP contribution in [0.3, 0.4) is 0 Å². The second-order valence-electron chi connectivity index (χ2n) is 6.52. The van der Waals surface area contributed by atoms with Gasteiger partial charge in [0.1, 0.15) is 0 Å². The van der Waals surface area contributed by atoms with E-state index in [0.29, 0.717) is 5.25 Å². The lowest BCUT2D eigenvalue weighted by Crippen LogP contribution is -2.10. The van der Waals surface area contributed by atoms with Crippen molar-refractivity contribution in [3.8, 4) is 11.1 Å². The van der Waals surface area contributed by atoms with E-state index < -0.39 is 0 Å². The fourth-order valence-electron chi connectivity index (χ4n) is 2.16. The summed E-state index contributed by atoms with van der Waals surface area (Å²) in [6.45, 7) is 11.2. The highest BCUT2D eigenvalue weighted by Gasteiger charge is 2.12. The maximum atomic E-state index is 2.25. The number of rotatable bonds is 3. The molecule has 0 saturated carbocycles. The normalized spacial score (nSPS) is 11.9. The summed E-state index contributed by atoms with van der Waals surface area (Å²) in [6.07, 6.45) is 0. The zero-order chi connectivity index (χ0) is 14.8. The highest BCUT2D eigenvalue weighted by atomic mass is 32.2. The third-order valence-corrected chi connectivity index (χ3v) is 4.33. The van der Waals surface area contributed by atoms with Crippen LogP contribution >= 0.6 is 11.8 Å².